The summed E-state index contributed by atoms with van der Waals surface area (Å²) in [4.78, 5) is 72.4. The summed E-state index contributed by atoms with van der Waals surface area (Å²) in [7, 11) is -9.89. The van der Waals surface area contributed by atoms with Crippen LogP contribution in [-0.4, -0.2) is 96.7 Å². The molecule has 0 aromatic carbocycles. The molecule has 0 heterocycles. The van der Waals surface area contributed by atoms with Crippen LogP contribution in [0, 0.1) is 11.8 Å². The summed E-state index contributed by atoms with van der Waals surface area (Å²) < 4.78 is 68.2. The van der Waals surface area contributed by atoms with Crippen LogP contribution >= 0.6 is 15.6 Å². The average molecular weight is 1300 g/mol. The largest absolute Gasteiger partial charge is 0.472 e. The smallest absolute Gasteiger partial charge is 0.462 e. The Bertz CT molecular complexity index is 1720. The molecule has 0 bridgehead atoms. The molecule has 0 spiro atoms. The van der Waals surface area contributed by atoms with Gasteiger partial charge >= 0.3 is 39.5 Å². The molecule has 0 amide bonds. The summed E-state index contributed by atoms with van der Waals surface area (Å²) in [5, 5.41) is 10.6. The van der Waals surface area contributed by atoms with Crippen molar-refractivity contribution in [2.45, 2.75) is 368 Å². The number of carbonyl (C=O) groups excluding carboxylic acids is 4. The van der Waals surface area contributed by atoms with E-state index in [0.717, 1.165) is 115 Å². The Hall–Kier alpha value is -1.94. The van der Waals surface area contributed by atoms with Gasteiger partial charge in [-0.25, -0.2) is 9.13 Å². The fraction of sp³-hybridized carbons (Fsp3) is 0.942. The number of unbranched alkanes of at least 4 members (excludes halogenated alkanes) is 38. The lowest BCUT2D eigenvalue weighted by molar-refractivity contribution is -0.161. The second kappa shape index (κ2) is 61.3. The number of phosphoric ester groups is 2. The van der Waals surface area contributed by atoms with Crippen molar-refractivity contribution < 1.29 is 80.2 Å². The van der Waals surface area contributed by atoms with Crippen LogP contribution in [0.15, 0.2) is 0 Å². The van der Waals surface area contributed by atoms with Gasteiger partial charge in [0.15, 0.2) is 12.2 Å². The first-order valence-electron chi connectivity index (χ1n) is 36.0. The van der Waals surface area contributed by atoms with Gasteiger partial charge in [-0.05, 0) is 37.5 Å². The van der Waals surface area contributed by atoms with Crippen molar-refractivity contribution in [2.24, 2.45) is 11.8 Å². The van der Waals surface area contributed by atoms with Crippen LogP contribution in [0.4, 0.5) is 0 Å². The summed E-state index contributed by atoms with van der Waals surface area (Å²) in [6.45, 7) is 9.52. The monoisotopic (exact) mass is 1300 g/mol. The first-order valence-corrected chi connectivity index (χ1v) is 39.0. The molecule has 17 nitrogen and oxygen atoms in total. The van der Waals surface area contributed by atoms with E-state index in [4.69, 9.17) is 37.0 Å². The molecule has 88 heavy (non-hydrogen) atoms. The highest BCUT2D eigenvalue weighted by Gasteiger charge is 2.30. The molecule has 0 aliphatic carbocycles. The average Bonchev–Trinajstić information content (AvgIpc) is 3.61. The molecule has 0 rings (SSSR count). The van der Waals surface area contributed by atoms with Crippen LogP contribution in [0.3, 0.4) is 0 Å². The SMILES string of the molecule is CCCCCCCCCCCCCCC(=O)O[C@H](COC(=O)CCCCCCCCC)COP(=O)(O)OC[C@H](O)COP(=O)(O)OC[C@@H](COC(=O)CCCCCCCCCCCCCC(C)C)OC(=O)CCCCCCCCCCCCCCC(C)C. The Kier molecular flexibility index (Phi) is 59.9. The van der Waals surface area contributed by atoms with Crippen molar-refractivity contribution in [1.82, 2.24) is 0 Å². The Morgan fingerprint density at radius 3 is 0.773 bits per heavy atom. The van der Waals surface area contributed by atoms with Crippen molar-refractivity contribution in [3.63, 3.8) is 0 Å². The molecule has 0 radical (unpaired) electrons. The van der Waals surface area contributed by atoms with Crippen LogP contribution in [0.5, 0.6) is 0 Å². The van der Waals surface area contributed by atoms with Gasteiger partial charge in [-0.15, -0.1) is 0 Å². The lowest BCUT2D eigenvalue weighted by Gasteiger charge is -2.21. The number of aliphatic hydroxyl groups is 1. The number of aliphatic hydroxyl groups excluding tert-OH is 1. The number of hydrogen-bond acceptors (Lipinski definition) is 15. The van der Waals surface area contributed by atoms with E-state index >= 15 is 0 Å². The second-order valence-electron chi connectivity index (χ2n) is 25.9. The fourth-order valence-corrected chi connectivity index (χ4v) is 12.0. The zero-order chi connectivity index (χ0) is 65.0. The topological polar surface area (TPSA) is 237 Å². The maximum atomic E-state index is 13.0. The number of rotatable bonds is 68. The van der Waals surface area contributed by atoms with Gasteiger partial charge in [-0.1, -0.05) is 298 Å². The van der Waals surface area contributed by atoms with E-state index in [1.807, 2.05) is 0 Å². The molecular formula is C69H134O17P2. The van der Waals surface area contributed by atoms with Crippen LogP contribution in [0.2, 0.25) is 0 Å². The molecular weight excluding hydrogens is 1160 g/mol. The van der Waals surface area contributed by atoms with Crippen LogP contribution < -0.4 is 0 Å². The highest BCUT2D eigenvalue weighted by molar-refractivity contribution is 7.47. The first-order chi connectivity index (χ1) is 42.4. The molecule has 0 saturated carbocycles. The maximum absolute atomic E-state index is 13.0. The molecule has 522 valence electrons. The lowest BCUT2D eigenvalue weighted by Crippen LogP contribution is -2.30. The molecule has 0 aliphatic rings. The van der Waals surface area contributed by atoms with E-state index in [2.05, 4.69) is 41.5 Å². The quantitative estimate of drug-likeness (QED) is 0.0222. The van der Waals surface area contributed by atoms with Crippen molar-refractivity contribution in [3.05, 3.63) is 0 Å². The molecule has 2 unspecified atom stereocenters. The van der Waals surface area contributed by atoms with Gasteiger partial charge in [0, 0.05) is 25.7 Å². The minimum absolute atomic E-state index is 0.107. The first kappa shape index (κ1) is 86.1. The Balaban J connectivity index is 5.21. The van der Waals surface area contributed by atoms with Gasteiger partial charge in [0.25, 0.3) is 0 Å². The Labute approximate surface area is 537 Å². The Morgan fingerprint density at radius 2 is 0.523 bits per heavy atom. The number of esters is 4. The van der Waals surface area contributed by atoms with Crippen molar-refractivity contribution >= 4 is 39.5 Å². The minimum Gasteiger partial charge on any atom is -0.462 e. The number of hydrogen-bond donors (Lipinski definition) is 3. The van der Waals surface area contributed by atoms with Crippen LogP contribution in [0.25, 0.3) is 0 Å². The molecule has 0 fully saturated rings. The van der Waals surface area contributed by atoms with E-state index in [-0.39, 0.29) is 25.7 Å². The van der Waals surface area contributed by atoms with Gasteiger partial charge in [-0.2, -0.15) is 0 Å². The molecule has 0 aromatic heterocycles. The third-order valence-electron chi connectivity index (χ3n) is 16.0. The highest BCUT2D eigenvalue weighted by Crippen LogP contribution is 2.45. The van der Waals surface area contributed by atoms with Gasteiger partial charge < -0.3 is 33.8 Å². The van der Waals surface area contributed by atoms with Gasteiger partial charge in [-0.3, -0.25) is 37.3 Å². The zero-order valence-electron chi connectivity index (χ0n) is 57.0. The van der Waals surface area contributed by atoms with E-state index in [9.17, 15) is 43.2 Å². The summed E-state index contributed by atoms with van der Waals surface area (Å²) in [6, 6.07) is 0. The summed E-state index contributed by atoms with van der Waals surface area (Å²) in [6.07, 6.45) is 45.8. The van der Waals surface area contributed by atoms with Gasteiger partial charge in [0.05, 0.1) is 26.4 Å². The predicted octanol–water partition coefficient (Wildman–Crippen LogP) is 19.6. The third-order valence-corrected chi connectivity index (χ3v) is 17.9. The number of ether oxygens (including phenoxy) is 4. The molecule has 19 heteroatoms. The van der Waals surface area contributed by atoms with E-state index in [1.54, 1.807) is 0 Å². The standard InChI is InChI=1S/C69H134O17P2/c1-7-9-11-13-15-16-17-23-29-35-41-47-53-68(73)85-64(57-79-66(71)51-45-39-31-14-12-10-8-2)59-83-87(75,76)81-55-63(70)56-82-88(77,78)84-60-65(58-80-67(72)52-46-40-34-28-25-20-22-27-33-38-44-50-62(5)6)86-69(74)54-48-42-36-30-24-19-18-21-26-32-37-43-49-61(3)4/h61-65,70H,7-60H2,1-6H3,(H,75,76)(H,77,78)/t63-,64+,65+/m0/s1. The summed E-state index contributed by atoms with van der Waals surface area (Å²) in [5.41, 5.74) is 0. The van der Waals surface area contributed by atoms with Gasteiger partial charge in [0.2, 0.25) is 0 Å². The molecule has 3 N–H and O–H groups in total. The summed E-state index contributed by atoms with van der Waals surface area (Å²) >= 11 is 0. The van der Waals surface area contributed by atoms with Crippen LogP contribution in [-0.2, 0) is 65.4 Å². The normalized spacial score (nSPS) is 14.2. The Morgan fingerprint density at radius 1 is 0.307 bits per heavy atom. The van der Waals surface area contributed by atoms with E-state index in [1.165, 1.54) is 154 Å². The van der Waals surface area contributed by atoms with E-state index in [0.29, 0.717) is 25.7 Å². The molecule has 5 atom stereocenters. The number of carbonyl (C=O) groups is 4. The van der Waals surface area contributed by atoms with Gasteiger partial charge in [0.1, 0.15) is 19.3 Å². The third kappa shape index (κ3) is 62.8. The zero-order valence-corrected chi connectivity index (χ0v) is 58.8. The number of phosphoric acid groups is 2. The molecule has 0 aliphatic heterocycles. The predicted molar refractivity (Wildman–Crippen MR) is 354 cm³/mol. The van der Waals surface area contributed by atoms with Crippen molar-refractivity contribution in [3.8, 4) is 0 Å². The minimum atomic E-state index is -4.95. The molecule has 0 saturated heterocycles. The van der Waals surface area contributed by atoms with Crippen LogP contribution in [0.1, 0.15) is 350 Å². The summed E-state index contributed by atoms with van der Waals surface area (Å²) in [5.74, 6) is -0.581. The fourth-order valence-electron chi connectivity index (χ4n) is 10.4. The van der Waals surface area contributed by atoms with E-state index < -0.39 is 97.5 Å². The second-order valence-corrected chi connectivity index (χ2v) is 28.8. The maximum Gasteiger partial charge on any atom is 0.472 e. The van der Waals surface area contributed by atoms with Crippen molar-refractivity contribution in [1.29, 1.82) is 0 Å². The molecule has 0 aromatic rings. The van der Waals surface area contributed by atoms with Crippen molar-refractivity contribution in [2.75, 3.05) is 39.6 Å². The highest BCUT2D eigenvalue weighted by atomic mass is 31.2. The lowest BCUT2D eigenvalue weighted by atomic mass is 10.0.